The van der Waals surface area contributed by atoms with Gasteiger partial charge >= 0.3 is 0 Å². The van der Waals surface area contributed by atoms with Crippen molar-refractivity contribution < 1.29 is 9.59 Å². The number of hydrogen-bond acceptors (Lipinski definition) is 3. The van der Waals surface area contributed by atoms with Crippen molar-refractivity contribution >= 4 is 22.7 Å². The number of nitrogens with zero attached hydrogens (tertiary/aromatic N) is 1. The molecule has 0 aliphatic carbocycles. The van der Waals surface area contributed by atoms with Crippen LogP contribution >= 0.6 is 0 Å². The standard InChI is InChI=1S/C14H15N3O2/c18-13-8-15-9-14(19)17(13)6-5-10-7-16-12-4-2-1-3-11(10)12/h1-4,7,15-16H,5-6,8-9H2. The molecule has 0 saturated carbocycles. The van der Waals surface area contributed by atoms with Crippen molar-refractivity contribution in [1.82, 2.24) is 15.2 Å². The largest absolute Gasteiger partial charge is 0.361 e. The van der Waals surface area contributed by atoms with E-state index in [2.05, 4.69) is 10.3 Å². The molecule has 2 amide bonds. The topological polar surface area (TPSA) is 65.2 Å². The van der Waals surface area contributed by atoms with Gasteiger partial charge in [0.05, 0.1) is 13.1 Å². The fraction of sp³-hybridized carbons (Fsp3) is 0.286. The zero-order chi connectivity index (χ0) is 13.2. The highest BCUT2D eigenvalue weighted by Crippen LogP contribution is 2.18. The molecule has 5 heteroatoms. The second kappa shape index (κ2) is 4.85. The van der Waals surface area contributed by atoms with Crippen LogP contribution in [0.5, 0.6) is 0 Å². The third-order valence-corrected chi connectivity index (χ3v) is 3.43. The summed E-state index contributed by atoms with van der Waals surface area (Å²) in [5.74, 6) is -0.285. The Labute approximate surface area is 110 Å². The van der Waals surface area contributed by atoms with Crippen molar-refractivity contribution in [2.75, 3.05) is 19.6 Å². The first-order valence-electron chi connectivity index (χ1n) is 6.34. The molecule has 0 radical (unpaired) electrons. The number of fused-ring (bicyclic) bond motifs is 1. The third kappa shape index (κ3) is 2.24. The monoisotopic (exact) mass is 257 g/mol. The van der Waals surface area contributed by atoms with E-state index in [9.17, 15) is 9.59 Å². The number of rotatable bonds is 3. The fourth-order valence-electron chi connectivity index (χ4n) is 2.43. The number of carbonyl (C=O) groups is 2. The van der Waals surface area contributed by atoms with Gasteiger partial charge in [0.1, 0.15) is 0 Å². The van der Waals surface area contributed by atoms with Crippen molar-refractivity contribution in [2.24, 2.45) is 0 Å². The Morgan fingerprint density at radius 1 is 1.11 bits per heavy atom. The number of piperazine rings is 1. The average Bonchev–Trinajstić information content (AvgIpc) is 2.82. The Hall–Kier alpha value is -2.14. The molecule has 2 N–H and O–H groups in total. The lowest BCUT2D eigenvalue weighted by Gasteiger charge is -2.25. The SMILES string of the molecule is O=C1CNCC(=O)N1CCc1c[nH]c2ccccc12. The number of amides is 2. The summed E-state index contributed by atoms with van der Waals surface area (Å²) in [7, 11) is 0. The normalized spacial score (nSPS) is 16.3. The number of para-hydroxylation sites is 1. The first-order valence-corrected chi connectivity index (χ1v) is 6.34. The molecule has 2 heterocycles. The summed E-state index contributed by atoms with van der Waals surface area (Å²) in [5, 5.41) is 3.94. The molecule has 5 nitrogen and oxygen atoms in total. The predicted octanol–water partition coefficient (Wildman–Crippen LogP) is 0.669. The number of aromatic nitrogens is 1. The van der Waals surface area contributed by atoms with E-state index < -0.39 is 0 Å². The highest BCUT2D eigenvalue weighted by Gasteiger charge is 2.25. The molecule has 3 rings (SSSR count). The minimum absolute atomic E-state index is 0.143. The molecule has 0 spiro atoms. The van der Waals surface area contributed by atoms with Gasteiger partial charge in [-0.15, -0.1) is 0 Å². The molecular weight excluding hydrogens is 242 g/mol. The predicted molar refractivity (Wildman–Crippen MR) is 71.6 cm³/mol. The minimum Gasteiger partial charge on any atom is -0.361 e. The zero-order valence-corrected chi connectivity index (χ0v) is 10.5. The Morgan fingerprint density at radius 2 is 1.84 bits per heavy atom. The van der Waals surface area contributed by atoms with Gasteiger partial charge < -0.3 is 4.98 Å². The van der Waals surface area contributed by atoms with Crippen molar-refractivity contribution in [2.45, 2.75) is 6.42 Å². The highest BCUT2D eigenvalue weighted by atomic mass is 16.2. The maximum absolute atomic E-state index is 11.7. The van der Waals surface area contributed by atoms with Gasteiger partial charge in [0.25, 0.3) is 0 Å². The van der Waals surface area contributed by atoms with E-state index in [1.807, 2.05) is 30.5 Å². The number of imide groups is 1. The van der Waals surface area contributed by atoms with Crippen molar-refractivity contribution in [3.8, 4) is 0 Å². The average molecular weight is 257 g/mol. The molecule has 98 valence electrons. The first-order chi connectivity index (χ1) is 9.25. The van der Waals surface area contributed by atoms with Crippen LogP contribution in [0.2, 0.25) is 0 Å². The Morgan fingerprint density at radius 3 is 2.63 bits per heavy atom. The molecule has 1 saturated heterocycles. The summed E-state index contributed by atoms with van der Waals surface area (Å²) in [6.45, 7) is 0.945. The number of H-pyrrole nitrogens is 1. The van der Waals surface area contributed by atoms with E-state index >= 15 is 0 Å². The second-order valence-electron chi connectivity index (χ2n) is 4.65. The van der Waals surface area contributed by atoms with Gasteiger partial charge in [-0.2, -0.15) is 0 Å². The highest BCUT2D eigenvalue weighted by molar-refractivity contribution is 5.99. The molecule has 0 unspecified atom stereocenters. The number of nitrogens with one attached hydrogen (secondary N) is 2. The summed E-state index contributed by atoms with van der Waals surface area (Å²) in [6.07, 6.45) is 2.63. The van der Waals surface area contributed by atoms with Crippen LogP contribution in [0, 0.1) is 0 Å². The van der Waals surface area contributed by atoms with E-state index in [0.717, 1.165) is 16.5 Å². The summed E-state index contributed by atoms with van der Waals surface area (Å²) in [4.78, 5) is 27.9. The first kappa shape index (κ1) is 11.9. The quantitative estimate of drug-likeness (QED) is 0.794. The second-order valence-corrected chi connectivity index (χ2v) is 4.65. The Bertz CT molecular complexity index is 616. The van der Waals surface area contributed by atoms with Crippen molar-refractivity contribution in [3.63, 3.8) is 0 Å². The van der Waals surface area contributed by atoms with Crippen LogP contribution in [-0.4, -0.2) is 41.3 Å². The van der Waals surface area contributed by atoms with Crippen LogP contribution in [0.25, 0.3) is 10.9 Å². The van der Waals surface area contributed by atoms with Crippen molar-refractivity contribution in [1.29, 1.82) is 0 Å². The van der Waals surface area contributed by atoms with E-state index in [-0.39, 0.29) is 24.9 Å². The van der Waals surface area contributed by atoms with Gasteiger partial charge in [-0.3, -0.25) is 19.8 Å². The maximum Gasteiger partial charge on any atom is 0.243 e. The zero-order valence-electron chi connectivity index (χ0n) is 10.5. The van der Waals surface area contributed by atoms with Crippen LogP contribution in [0.3, 0.4) is 0 Å². The van der Waals surface area contributed by atoms with E-state index in [4.69, 9.17) is 0 Å². The maximum atomic E-state index is 11.7. The lowest BCUT2D eigenvalue weighted by molar-refractivity contribution is -0.146. The molecule has 1 aromatic heterocycles. The molecule has 1 fully saturated rings. The summed E-state index contributed by atoms with van der Waals surface area (Å²) < 4.78 is 0. The molecule has 1 aliphatic rings. The van der Waals surface area contributed by atoms with Gasteiger partial charge in [0, 0.05) is 23.6 Å². The van der Waals surface area contributed by atoms with E-state index in [0.29, 0.717) is 13.0 Å². The summed E-state index contributed by atoms with van der Waals surface area (Å²) in [5.41, 5.74) is 2.21. The third-order valence-electron chi connectivity index (χ3n) is 3.43. The van der Waals surface area contributed by atoms with Gasteiger partial charge in [0.2, 0.25) is 11.8 Å². The summed E-state index contributed by atoms with van der Waals surface area (Å²) >= 11 is 0. The molecule has 19 heavy (non-hydrogen) atoms. The van der Waals surface area contributed by atoms with Crippen LogP contribution in [-0.2, 0) is 16.0 Å². The van der Waals surface area contributed by atoms with E-state index in [1.165, 1.54) is 4.90 Å². The van der Waals surface area contributed by atoms with Gasteiger partial charge in [0.15, 0.2) is 0 Å². The van der Waals surface area contributed by atoms with Crippen LogP contribution in [0.4, 0.5) is 0 Å². The number of carbonyl (C=O) groups excluding carboxylic acids is 2. The van der Waals surface area contributed by atoms with Crippen molar-refractivity contribution in [3.05, 3.63) is 36.0 Å². The van der Waals surface area contributed by atoms with Gasteiger partial charge in [-0.25, -0.2) is 0 Å². The van der Waals surface area contributed by atoms with E-state index in [1.54, 1.807) is 0 Å². The number of aromatic amines is 1. The minimum atomic E-state index is -0.143. The molecule has 0 atom stereocenters. The number of hydrogen-bond donors (Lipinski definition) is 2. The molecule has 0 bridgehead atoms. The van der Waals surface area contributed by atoms with Gasteiger partial charge in [-0.1, -0.05) is 18.2 Å². The molecule has 1 aliphatic heterocycles. The van der Waals surface area contributed by atoms with Crippen LogP contribution < -0.4 is 5.32 Å². The lowest BCUT2D eigenvalue weighted by Crippen LogP contribution is -2.52. The summed E-state index contributed by atoms with van der Waals surface area (Å²) in [6, 6.07) is 8.02. The molecule has 1 aromatic carbocycles. The Kier molecular flexibility index (Phi) is 3.05. The smallest absolute Gasteiger partial charge is 0.243 e. The Balaban J connectivity index is 1.75. The van der Waals surface area contributed by atoms with Gasteiger partial charge in [-0.05, 0) is 18.1 Å². The van der Waals surface area contributed by atoms with Crippen LogP contribution in [0.15, 0.2) is 30.5 Å². The molecule has 2 aromatic rings. The number of benzene rings is 1. The lowest BCUT2D eigenvalue weighted by atomic mass is 10.1. The van der Waals surface area contributed by atoms with Crippen LogP contribution in [0.1, 0.15) is 5.56 Å². The molecular formula is C14H15N3O2. The fourth-order valence-corrected chi connectivity index (χ4v) is 2.43.